The van der Waals surface area contributed by atoms with E-state index in [1.807, 2.05) is 6.92 Å². The first-order valence-corrected chi connectivity index (χ1v) is 6.07. The van der Waals surface area contributed by atoms with Crippen LogP contribution in [0.3, 0.4) is 0 Å². The number of hydrogen-bond donors (Lipinski definition) is 2. The summed E-state index contributed by atoms with van der Waals surface area (Å²) in [6.07, 6.45) is 1.67. The summed E-state index contributed by atoms with van der Waals surface area (Å²) in [7, 11) is 0. The summed E-state index contributed by atoms with van der Waals surface area (Å²) < 4.78 is 10.5. The summed E-state index contributed by atoms with van der Waals surface area (Å²) in [4.78, 5) is 16.4. The Labute approximate surface area is 115 Å². The normalized spacial score (nSPS) is 12.2. The predicted octanol–water partition coefficient (Wildman–Crippen LogP) is 1.95. The highest BCUT2D eigenvalue weighted by molar-refractivity contribution is 6.08. The minimum Gasteiger partial charge on any atom is -0.454 e. The zero-order chi connectivity index (χ0) is 14.1. The Bertz CT molecular complexity index is 685. The van der Waals surface area contributed by atoms with Gasteiger partial charge in [-0.2, -0.15) is 0 Å². The quantitative estimate of drug-likeness (QED) is 0.815. The highest BCUT2D eigenvalue weighted by Crippen LogP contribution is 2.36. The van der Waals surface area contributed by atoms with Crippen molar-refractivity contribution < 1.29 is 14.3 Å². The molecule has 0 unspecified atom stereocenters. The van der Waals surface area contributed by atoms with E-state index in [0.29, 0.717) is 28.4 Å². The number of nitrogens with two attached hydrogens (primary N) is 1. The third-order valence-corrected chi connectivity index (χ3v) is 3.04. The van der Waals surface area contributed by atoms with E-state index in [1.165, 1.54) is 0 Å². The van der Waals surface area contributed by atoms with Crippen LogP contribution in [-0.4, -0.2) is 17.7 Å². The number of anilines is 2. The van der Waals surface area contributed by atoms with E-state index in [2.05, 4.69) is 10.3 Å². The average molecular weight is 271 g/mol. The fourth-order valence-electron chi connectivity index (χ4n) is 1.96. The Morgan fingerprint density at radius 3 is 2.85 bits per heavy atom. The van der Waals surface area contributed by atoms with Crippen molar-refractivity contribution in [3.63, 3.8) is 0 Å². The number of rotatable bonds is 2. The Morgan fingerprint density at radius 1 is 1.35 bits per heavy atom. The van der Waals surface area contributed by atoms with E-state index < -0.39 is 0 Å². The van der Waals surface area contributed by atoms with Crippen molar-refractivity contribution in [2.75, 3.05) is 17.8 Å². The molecular weight excluding hydrogens is 258 g/mol. The van der Waals surface area contributed by atoms with Crippen LogP contribution < -0.4 is 20.5 Å². The molecule has 2 aromatic rings. The molecule has 0 aliphatic carbocycles. The van der Waals surface area contributed by atoms with Crippen molar-refractivity contribution in [2.24, 2.45) is 0 Å². The molecular formula is C14H13N3O3. The van der Waals surface area contributed by atoms with Gasteiger partial charge in [-0.25, -0.2) is 0 Å². The van der Waals surface area contributed by atoms with Crippen molar-refractivity contribution in [1.82, 2.24) is 4.98 Å². The van der Waals surface area contributed by atoms with Crippen molar-refractivity contribution in [1.29, 1.82) is 0 Å². The average Bonchev–Trinajstić information content (AvgIpc) is 2.87. The third-order valence-electron chi connectivity index (χ3n) is 3.04. The lowest BCUT2D eigenvalue weighted by molar-refractivity contribution is 0.102. The maximum absolute atomic E-state index is 12.3. The lowest BCUT2D eigenvalue weighted by atomic mass is 10.1. The molecule has 1 aliphatic rings. The first-order valence-electron chi connectivity index (χ1n) is 6.07. The van der Waals surface area contributed by atoms with E-state index >= 15 is 0 Å². The van der Waals surface area contributed by atoms with E-state index in [-0.39, 0.29) is 12.7 Å². The number of hydrogen-bond acceptors (Lipinski definition) is 5. The van der Waals surface area contributed by atoms with Gasteiger partial charge in [0.05, 0.1) is 16.9 Å². The first-order chi connectivity index (χ1) is 9.65. The Hall–Kier alpha value is -2.76. The summed E-state index contributed by atoms with van der Waals surface area (Å²) in [5, 5.41) is 2.78. The first kappa shape index (κ1) is 12.3. The van der Waals surface area contributed by atoms with Gasteiger partial charge in [0.15, 0.2) is 11.5 Å². The summed E-state index contributed by atoms with van der Waals surface area (Å²) in [6, 6.07) is 6.71. The largest absolute Gasteiger partial charge is 0.454 e. The maximum Gasteiger partial charge on any atom is 0.257 e. The van der Waals surface area contributed by atoms with Gasteiger partial charge in [-0.1, -0.05) is 0 Å². The van der Waals surface area contributed by atoms with Crippen molar-refractivity contribution in [2.45, 2.75) is 6.92 Å². The van der Waals surface area contributed by atoms with Gasteiger partial charge in [0.2, 0.25) is 6.79 Å². The summed E-state index contributed by atoms with van der Waals surface area (Å²) in [5.41, 5.74) is 7.94. The second-order valence-electron chi connectivity index (χ2n) is 4.38. The third kappa shape index (κ3) is 2.11. The molecule has 3 rings (SSSR count). The van der Waals surface area contributed by atoms with Crippen LogP contribution in [0.2, 0.25) is 0 Å². The molecule has 0 saturated carbocycles. The molecule has 0 atom stereocenters. The van der Waals surface area contributed by atoms with E-state index in [1.54, 1.807) is 30.5 Å². The zero-order valence-electron chi connectivity index (χ0n) is 10.8. The highest BCUT2D eigenvalue weighted by atomic mass is 16.7. The van der Waals surface area contributed by atoms with Gasteiger partial charge in [0, 0.05) is 18.0 Å². The number of nitrogens with one attached hydrogen (secondary N) is 1. The standard InChI is InChI=1S/C14H13N3O3/c1-8-11(3-2-4-16-8)17-14(18)9-5-12-13(6-10(9)15)20-7-19-12/h2-6H,7,15H2,1H3,(H,17,18). The van der Waals surface area contributed by atoms with Gasteiger partial charge in [-0.15, -0.1) is 0 Å². The number of fused-ring (bicyclic) bond motifs is 1. The van der Waals surface area contributed by atoms with Crippen molar-refractivity contribution >= 4 is 17.3 Å². The number of carbonyl (C=O) groups is 1. The number of aromatic nitrogens is 1. The Morgan fingerprint density at radius 2 is 2.10 bits per heavy atom. The molecule has 0 saturated heterocycles. The van der Waals surface area contributed by atoms with Crippen molar-refractivity contribution in [3.05, 3.63) is 41.7 Å². The molecule has 1 aliphatic heterocycles. The molecule has 1 aromatic heterocycles. The number of aryl methyl sites for hydroxylation is 1. The molecule has 1 aromatic carbocycles. The van der Waals surface area contributed by atoms with Crippen LogP contribution in [0.4, 0.5) is 11.4 Å². The molecule has 20 heavy (non-hydrogen) atoms. The van der Waals surface area contributed by atoms with Crippen LogP contribution in [0.1, 0.15) is 16.1 Å². The van der Waals surface area contributed by atoms with Gasteiger partial charge in [0.1, 0.15) is 0 Å². The van der Waals surface area contributed by atoms with Gasteiger partial charge in [-0.3, -0.25) is 9.78 Å². The molecule has 0 bridgehead atoms. The highest BCUT2D eigenvalue weighted by Gasteiger charge is 2.20. The number of ether oxygens (including phenoxy) is 2. The fraction of sp³-hybridized carbons (Fsp3) is 0.143. The number of benzene rings is 1. The van der Waals surface area contributed by atoms with E-state index in [9.17, 15) is 4.79 Å². The predicted molar refractivity (Wildman–Crippen MR) is 73.9 cm³/mol. The molecule has 102 valence electrons. The lowest BCUT2D eigenvalue weighted by Crippen LogP contribution is -2.15. The molecule has 0 spiro atoms. The van der Waals surface area contributed by atoms with Crippen LogP contribution >= 0.6 is 0 Å². The Balaban J connectivity index is 1.90. The summed E-state index contributed by atoms with van der Waals surface area (Å²) in [5.74, 6) is 0.765. The van der Waals surface area contributed by atoms with E-state index in [4.69, 9.17) is 15.2 Å². The summed E-state index contributed by atoms with van der Waals surface area (Å²) in [6.45, 7) is 1.96. The number of carbonyl (C=O) groups excluding carboxylic acids is 1. The van der Waals surface area contributed by atoms with Gasteiger partial charge >= 0.3 is 0 Å². The molecule has 0 fully saturated rings. The molecule has 0 radical (unpaired) electrons. The number of nitrogens with zero attached hydrogens (tertiary/aromatic N) is 1. The van der Waals surface area contributed by atoms with Crippen molar-refractivity contribution in [3.8, 4) is 11.5 Å². The van der Waals surface area contributed by atoms with Gasteiger partial charge < -0.3 is 20.5 Å². The van der Waals surface area contributed by atoms with Crippen LogP contribution in [0, 0.1) is 6.92 Å². The number of amides is 1. The lowest BCUT2D eigenvalue weighted by Gasteiger charge is -2.10. The summed E-state index contributed by atoms with van der Waals surface area (Å²) >= 11 is 0. The second kappa shape index (κ2) is 4.73. The maximum atomic E-state index is 12.3. The minimum absolute atomic E-state index is 0.140. The van der Waals surface area contributed by atoms with Gasteiger partial charge in [0.25, 0.3) is 5.91 Å². The smallest absolute Gasteiger partial charge is 0.257 e. The Kier molecular flexibility index (Phi) is 2.90. The minimum atomic E-state index is -0.308. The monoisotopic (exact) mass is 271 g/mol. The van der Waals surface area contributed by atoms with Crippen LogP contribution in [0.5, 0.6) is 11.5 Å². The van der Waals surface area contributed by atoms with Gasteiger partial charge in [-0.05, 0) is 25.1 Å². The van der Waals surface area contributed by atoms with Crippen LogP contribution in [0.15, 0.2) is 30.5 Å². The number of pyridine rings is 1. The van der Waals surface area contributed by atoms with E-state index in [0.717, 1.165) is 5.69 Å². The molecule has 1 amide bonds. The molecule has 3 N–H and O–H groups in total. The molecule has 6 nitrogen and oxygen atoms in total. The topological polar surface area (TPSA) is 86.5 Å². The van der Waals surface area contributed by atoms with Crippen LogP contribution in [0.25, 0.3) is 0 Å². The molecule has 6 heteroatoms. The second-order valence-corrected chi connectivity index (χ2v) is 4.38. The zero-order valence-corrected chi connectivity index (χ0v) is 10.8. The fourth-order valence-corrected chi connectivity index (χ4v) is 1.96. The van der Waals surface area contributed by atoms with Crippen LogP contribution in [-0.2, 0) is 0 Å². The molecule has 2 heterocycles. The number of nitrogen functional groups attached to an aromatic ring is 1. The SMILES string of the molecule is Cc1ncccc1NC(=O)c1cc2c(cc1N)OCO2.